The highest BCUT2D eigenvalue weighted by Crippen LogP contribution is 2.29. The number of nitro benzene ring substituents is 1. The van der Waals surface area contributed by atoms with Gasteiger partial charge in [-0.15, -0.1) is 10.2 Å². The third-order valence-electron chi connectivity index (χ3n) is 4.29. The minimum atomic E-state index is -0.716. The molecule has 0 saturated carbocycles. The van der Waals surface area contributed by atoms with Crippen molar-refractivity contribution >= 4 is 40.4 Å². The third kappa shape index (κ3) is 4.55. The number of nitrogens with zero attached hydrogens (tertiary/aromatic N) is 5. The van der Waals surface area contributed by atoms with Gasteiger partial charge in [-0.25, -0.2) is 4.68 Å². The largest absolute Gasteiger partial charge is 0.320 e. The number of hydrogen-bond donors (Lipinski definition) is 1. The molecule has 2 aromatic heterocycles. The van der Waals surface area contributed by atoms with E-state index < -0.39 is 16.3 Å². The zero-order chi connectivity index (χ0) is 22.7. The third-order valence-corrected chi connectivity index (χ3v) is 6.07. The van der Waals surface area contributed by atoms with E-state index in [1.54, 1.807) is 42.8 Å². The molecule has 0 fully saturated rings. The summed E-state index contributed by atoms with van der Waals surface area (Å²) in [6, 6.07) is 14.2. The monoisotopic (exact) mass is 466 g/mol. The molecular weight excluding hydrogens is 452 g/mol. The van der Waals surface area contributed by atoms with Crippen LogP contribution in [0.15, 0.2) is 74.1 Å². The summed E-state index contributed by atoms with van der Waals surface area (Å²) in [5.41, 5.74) is 1.47. The Morgan fingerprint density at radius 1 is 1.19 bits per heavy atom. The lowest BCUT2D eigenvalue weighted by atomic mass is 10.2. The summed E-state index contributed by atoms with van der Waals surface area (Å²) in [5.74, 6) is -0.716. The first-order valence-corrected chi connectivity index (χ1v) is 10.8. The van der Waals surface area contributed by atoms with Gasteiger partial charge in [0.15, 0.2) is 10.0 Å². The van der Waals surface area contributed by atoms with E-state index in [2.05, 4.69) is 20.6 Å². The van der Waals surface area contributed by atoms with Gasteiger partial charge in [0.25, 0.3) is 11.6 Å². The molecule has 0 radical (unpaired) electrons. The van der Waals surface area contributed by atoms with Gasteiger partial charge in [0.2, 0.25) is 5.43 Å². The number of carbonyl (C=O) groups excluding carboxylic acids is 1. The van der Waals surface area contributed by atoms with Crippen molar-refractivity contribution < 1.29 is 9.72 Å². The van der Waals surface area contributed by atoms with Crippen LogP contribution in [0, 0.1) is 17.0 Å². The molecule has 0 aliphatic heterocycles. The minimum Gasteiger partial charge on any atom is -0.320 e. The maximum Gasteiger partial charge on any atom is 0.294 e. The van der Waals surface area contributed by atoms with Crippen LogP contribution in [0.2, 0.25) is 0 Å². The van der Waals surface area contributed by atoms with E-state index in [9.17, 15) is 19.7 Å². The fourth-order valence-electron chi connectivity index (χ4n) is 2.85. The predicted molar refractivity (Wildman–Crippen MR) is 120 cm³/mol. The number of carbonyl (C=O) groups is 1. The van der Waals surface area contributed by atoms with E-state index in [1.165, 1.54) is 52.0 Å². The second-order valence-corrected chi connectivity index (χ2v) is 8.60. The van der Waals surface area contributed by atoms with Gasteiger partial charge in [-0.2, -0.15) is 5.10 Å². The molecule has 0 saturated heterocycles. The zero-order valence-electron chi connectivity index (χ0n) is 16.5. The number of amides is 1. The highest BCUT2D eigenvalue weighted by atomic mass is 32.2. The van der Waals surface area contributed by atoms with E-state index in [0.717, 1.165) is 9.24 Å². The smallest absolute Gasteiger partial charge is 0.294 e. The lowest BCUT2D eigenvalue weighted by molar-refractivity contribution is -0.384. The van der Waals surface area contributed by atoms with Crippen molar-refractivity contribution in [2.24, 2.45) is 0 Å². The second-order valence-electron chi connectivity index (χ2n) is 6.44. The summed E-state index contributed by atoms with van der Waals surface area (Å²) < 4.78 is 2.01. The van der Waals surface area contributed by atoms with Crippen LogP contribution < -0.4 is 10.7 Å². The van der Waals surface area contributed by atoms with Crippen LogP contribution in [0.1, 0.15) is 16.2 Å². The number of nitrogens with one attached hydrogen (secondary N) is 1. The van der Waals surface area contributed by atoms with Crippen LogP contribution >= 0.6 is 23.1 Å². The molecule has 0 spiro atoms. The van der Waals surface area contributed by atoms with Gasteiger partial charge in [-0.1, -0.05) is 35.2 Å². The van der Waals surface area contributed by atoms with Crippen LogP contribution in [-0.2, 0) is 0 Å². The van der Waals surface area contributed by atoms with Crippen molar-refractivity contribution in [2.75, 3.05) is 5.32 Å². The zero-order valence-corrected chi connectivity index (χ0v) is 18.1. The van der Waals surface area contributed by atoms with Gasteiger partial charge in [-0.3, -0.25) is 19.7 Å². The molecule has 4 aromatic rings. The fourth-order valence-corrected chi connectivity index (χ4v) is 4.30. The highest BCUT2D eigenvalue weighted by Gasteiger charge is 2.20. The molecule has 32 heavy (non-hydrogen) atoms. The molecule has 160 valence electrons. The van der Waals surface area contributed by atoms with Crippen LogP contribution in [0.25, 0.3) is 5.69 Å². The standard InChI is InChI=1S/C20H14N6O4S2/c1-12-10-17(27)18(24-25(12)15-4-2-3-5-16(15)26(29)30)19(28)22-13-6-8-14(9-7-13)32-20-23-21-11-31-20/h2-11H,1H3,(H,22,28). The Balaban J connectivity index is 1.60. The first kappa shape index (κ1) is 21.3. The fraction of sp³-hybridized carbons (Fsp3) is 0.0500. The predicted octanol–water partition coefficient (Wildman–Crippen LogP) is 3.70. The Kier molecular flexibility index (Phi) is 6.05. The number of aryl methyl sites for hydroxylation is 1. The normalized spacial score (nSPS) is 10.7. The molecule has 0 unspecified atom stereocenters. The maximum absolute atomic E-state index is 12.7. The van der Waals surface area contributed by atoms with E-state index in [4.69, 9.17) is 0 Å². The van der Waals surface area contributed by atoms with E-state index in [1.807, 2.05) is 0 Å². The minimum absolute atomic E-state index is 0.155. The van der Waals surface area contributed by atoms with Crippen molar-refractivity contribution in [3.05, 3.63) is 91.8 Å². The highest BCUT2D eigenvalue weighted by molar-refractivity contribution is 8.01. The molecule has 0 bridgehead atoms. The molecule has 0 aliphatic carbocycles. The average molecular weight is 467 g/mol. The molecule has 0 atom stereocenters. The Morgan fingerprint density at radius 3 is 2.62 bits per heavy atom. The second kappa shape index (κ2) is 9.08. The van der Waals surface area contributed by atoms with Crippen molar-refractivity contribution in [3.8, 4) is 5.69 Å². The van der Waals surface area contributed by atoms with Crippen molar-refractivity contribution in [1.82, 2.24) is 20.0 Å². The van der Waals surface area contributed by atoms with Crippen molar-refractivity contribution in [1.29, 1.82) is 0 Å². The van der Waals surface area contributed by atoms with Gasteiger partial charge in [0.1, 0.15) is 11.2 Å². The molecule has 1 N–H and O–H groups in total. The summed E-state index contributed by atoms with van der Waals surface area (Å²) in [6.07, 6.45) is 0. The number of rotatable bonds is 6. The summed E-state index contributed by atoms with van der Waals surface area (Å²) in [7, 11) is 0. The van der Waals surface area contributed by atoms with Crippen molar-refractivity contribution in [2.45, 2.75) is 16.2 Å². The molecular formula is C20H14N6O4S2. The Morgan fingerprint density at radius 2 is 1.94 bits per heavy atom. The maximum atomic E-state index is 12.7. The molecule has 0 aliphatic rings. The summed E-state index contributed by atoms with van der Waals surface area (Å²) >= 11 is 2.86. The van der Waals surface area contributed by atoms with Crippen LogP contribution in [0.4, 0.5) is 11.4 Å². The number of benzene rings is 2. The Bertz CT molecular complexity index is 1350. The number of nitro groups is 1. The number of hydrogen-bond acceptors (Lipinski definition) is 9. The first-order valence-electron chi connectivity index (χ1n) is 9.12. The van der Waals surface area contributed by atoms with E-state index in [0.29, 0.717) is 11.4 Å². The quantitative estimate of drug-likeness (QED) is 0.336. The van der Waals surface area contributed by atoms with Gasteiger partial charge in [0, 0.05) is 28.4 Å². The van der Waals surface area contributed by atoms with Crippen LogP contribution in [0.5, 0.6) is 0 Å². The molecule has 4 rings (SSSR count). The molecule has 2 heterocycles. The van der Waals surface area contributed by atoms with Gasteiger partial charge >= 0.3 is 0 Å². The lowest BCUT2D eigenvalue weighted by Crippen LogP contribution is -2.27. The first-order chi connectivity index (χ1) is 15.4. The number of aromatic nitrogens is 4. The summed E-state index contributed by atoms with van der Waals surface area (Å²) in [5, 5.41) is 25.9. The average Bonchev–Trinajstić information content (AvgIpc) is 3.28. The Hall–Kier alpha value is -3.90. The molecule has 12 heteroatoms. The topological polar surface area (TPSA) is 133 Å². The summed E-state index contributed by atoms with van der Waals surface area (Å²) in [4.78, 5) is 36.9. The van der Waals surface area contributed by atoms with Crippen LogP contribution in [0.3, 0.4) is 0 Å². The van der Waals surface area contributed by atoms with Gasteiger partial charge in [0.05, 0.1) is 4.92 Å². The van der Waals surface area contributed by atoms with Gasteiger partial charge in [-0.05, 0) is 37.3 Å². The summed E-state index contributed by atoms with van der Waals surface area (Å²) in [6.45, 7) is 1.58. The SMILES string of the molecule is Cc1cc(=O)c(C(=O)Nc2ccc(Sc3nncs3)cc2)nn1-c1ccccc1[N+](=O)[O-]. The van der Waals surface area contributed by atoms with Gasteiger partial charge < -0.3 is 5.32 Å². The molecule has 10 nitrogen and oxygen atoms in total. The van der Waals surface area contributed by atoms with Crippen LogP contribution in [-0.4, -0.2) is 30.8 Å². The lowest BCUT2D eigenvalue weighted by Gasteiger charge is -2.11. The number of para-hydroxylation sites is 2. The van der Waals surface area contributed by atoms with Crippen molar-refractivity contribution in [3.63, 3.8) is 0 Å². The molecule has 1 amide bonds. The van der Waals surface area contributed by atoms with E-state index >= 15 is 0 Å². The van der Waals surface area contributed by atoms with E-state index in [-0.39, 0.29) is 17.1 Å². The number of anilines is 1. The Labute approximate surface area is 189 Å². The molecule has 2 aromatic carbocycles.